The van der Waals surface area contributed by atoms with Crippen LogP contribution in [0.25, 0.3) is 0 Å². The minimum atomic E-state index is -3.47. The first-order valence-corrected chi connectivity index (χ1v) is 9.74. The molecular weight excluding hydrogens is 322 g/mol. The van der Waals surface area contributed by atoms with Gasteiger partial charge in [-0.1, -0.05) is 36.8 Å². The molecule has 0 aliphatic carbocycles. The summed E-state index contributed by atoms with van der Waals surface area (Å²) >= 11 is 0. The van der Waals surface area contributed by atoms with E-state index in [0.717, 1.165) is 19.3 Å². The zero-order valence-electron chi connectivity index (χ0n) is 13.9. The summed E-state index contributed by atoms with van der Waals surface area (Å²) in [6.45, 7) is 1.12. The Hall–Kier alpha value is -1.85. The minimum Gasteiger partial charge on any atom is -0.497 e. The molecule has 4 nitrogen and oxygen atoms in total. The molecule has 24 heavy (non-hydrogen) atoms. The lowest BCUT2D eigenvalue weighted by Crippen LogP contribution is -2.34. The number of benzene rings is 2. The first kappa shape index (κ1) is 17.0. The largest absolute Gasteiger partial charge is 0.497 e. The lowest BCUT2D eigenvalue weighted by atomic mass is 9.95. The quantitative estimate of drug-likeness (QED) is 0.850. The first-order valence-electron chi connectivity index (χ1n) is 8.30. The number of rotatable bonds is 4. The summed E-state index contributed by atoms with van der Waals surface area (Å²) in [6.07, 6.45) is 2.98. The summed E-state index contributed by atoms with van der Waals surface area (Å²) in [5.41, 5.74) is 1.22. The van der Waals surface area contributed by atoms with Crippen molar-refractivity contribution < 1.29 is 13.2 Å². The average molecular weight is 345 g/mol. The molecule has 0 radical (unpaired) electrons. The molecule has 0 saturated carbocycles. The lowest BCUT2D eigenvalue weighted by molar-refractivity contribution is 0.405. The average Bonchev–Trinajstić information content (AvgIpc) is 2.89. The van der Waals surface area contributed by atoms with E-state index in [4.69, 9.17) is 4.74 Å². The van der Waals surface area contributed by atoms with E-state index in [1.54, 1.807) is 35.7 Å². The van der Waals surface area contributed by atoms with E-state index >= 15 is 0 Å². The van der Waals surface area contributed by atoms with Crippen molar-refractivity contribution in [2.75, 3.05) is 20.2 Å². The van der Waals surface area contributed by atoms with Crippen LogP contribution in [0.3, 0.4) is 0 Å². The van der Waals surface area contributed by atoms with E-state index in [1.807, 2.05) is 18.2 Å². The van der Waals surface area contributed by atoms with Crippen LogP contribution in [0.5, 0.6) is 5.75 Å². The van der Waals surface area contributed by atoms with Crippen molar-refractivity contribution in [1.29, 1.82) is 0 Å². The fraction of sp³-hybridized carbons (Fsp3) is 0.368. The summed E-state index contributed by atoms with van der Waals surface area (Å²) in [7, 11) is -1.90. The molecule has 5 heteroatoms. The van der Waals surface area contributed by atoms with Crippen molar-refractivity contribution in [2.45, 2.75) is 30.1 Å². The van der Waals surface area contributed by atoms with Gasteiger partial charge in [0.05, 0.1) is 12.0 Å². The van der Waals surface area contributed by atoms with Gasteiger partial charge < -0.3 is 4.74 Å². The highest BCUT2D eigenvalue weighted by molar-refractivity contribution is 7.89. The van der Waals surface area contributed by atoms with Crippen LogP contribution in [0, 0.1) is 0 Å². The zero-order chi connectivity index (χ0) is 17.0. The third kappa shape index (κ3) is 3.62. The Labute approximate surface area is 144 Å². The normalized spacial score (nSPS) is 19.6. The molecule has 1 fully saturated rings. The van der Waals surface area contributed by atoms with Gasteiger partial charge >= 0.3 is 0 Å². The molecule has 2 aromatic carbocycles. The SMILES string of the molecule is COc1ccc(S(=O)(=O)N2CCCCC(c3ccccc3)C2)cc1. The topological polar surface area (TPSA) is 46.6 Å². The Morgan fingerprint density at radius 1 is 1.00 bits per heavy atom. The second kappa shape index (κ2) is 7.36. The van der Waals surface area contributed by atoms with E-state index in [9.17, 15) is 8.42 Å². The molecule has 1 aliphatic heterocycles. The van der Waals surface area contributed by atoms with Gasteiger partial charge in [0.1, 0.15) is 5.75 Å². The number of hydrogen-bond donors (Lipinski definition) is 0. The molecule has 3 rings (SSSR count). The van der Waals surface area contributed by atoms with E-state index in [1.165, 1.54) is 5.56 Å². The highest BCUT2D eigenvalue weighted by Gasteiger charge is 2.29. The third-order valence-electron chi connectivity index (χ3n) is 4.60. The Bertz CT molecular complexity index is 757. The second-order valence-electron chi connectivity index (χ2n) is 6.14. The van der Waals surface area contributed by atoms with Crippen LogP contribution < -0.4 is 4.74 Å². The van der Waals surface area contributed by atoms with Crippen molar-refractivity contribution in [3.05, 3.63) is 60.2 Å². The van der Waals surface area contributed by atoms with Crippen LogP contribution in [-0.4, -0.2) is 32.9 Å². The molecule has 1 unspecified atom stereocenters. The molecule has 0 spiro atoms. The molecule has 0 amide bonds. The second-order valence-corrected chi connectivity index (χ2v) is 8.08. The van der Waals surface area contributed by atoms with Gasteiger partial charge in [0.2, 0.25) is 10.0 Å². The van der Waals surface area contributed by atoms with Crippen LogP contribution in [0.1, 0.15) is 30.7 Å². The van der Waals surface area contributed by atoms with E-state index in [0.29, 0.717) is 23.7 Å². The Morgan fingerprint density at radius 2 is 1.71 bits per heavy atom. The molecule has 1 heterocycles. The van der Waals surface area contributed by atoms with Gasteiger partial charge in [0, 0.05) is 13.1 Å². The van der Waals surface area contributed by atoms with Crippen molar-refractivity contribution >= 4 is 10.0 Å². The molecule has 0 bridgehead atoms. The number of sulfonamides is 1. The Kier molecular flexibility index (Phi) is 5.21. The maximum atomic E-state index is 13.0. The Balaban J connectivity index is 1.85. The fourth-order valence-electron chi connectivity index (χ4n) is 3.22. The summed E-state index contributed by atoms with van der Waals surface area (Å²) < 4.78 is 32.8. The molecule has 128 valence electrons. The predicted octanol–water partition coefficient (Wildman–Crippen LogP) is 3.65. The summed E-state index contributed by atoms with van der Waals surface area (Å²) in [4.78, 5) is 0.331. The number of ether oxygens (including phenoxy) is 1. The predicted molar refractivity (Wildman–Crippen MR) is 94.8 cm³/mol. The lowest BCUT2D eigenvalue weighted by Gasteiger charge is -2.24. The molecule has 0 aromatic heterocycles. The Morgan fingerprint density at radius 3 is 2.38 bits per heavy atom. The van der Waals surface area contributed by atoms with Gasteiger partial charge in [-0.3, -0.25) is 0 Å². The zero-order valence-corrected chi connectivity index (χ0v) is 14.7. The van der Waals surface area contributed by atoms with Gasteiger partial charge in [-0.05, 0) is 48.6 Å². The third-order valence-corrected chi connectivity index (χ3v) is 6.48. The molecule has 1 aliphatic rings. The first-order chi connectivity index (χ1) is 11.6. The van der Waals surface area contributed by atoms with E-state index in [2.05, 4.69) is 12.1 Å². The highest BCUT2D eigenvalue weighted by atomic mass is 32.2. The van der Waals surface area contributed by atoms with Crippen molar-refractivity contribution in [2.24, 2.45) is 0 Å². The van der Waals surface area contributed by atoms with Gasteiger partial charge in [-0.2, -0.15) is 4.31 Å². The summed E-state index contributed by atoms with van der Waals surface area (Å²) in [5, 5.41) is 0. The van der Waals surface area contributed by atoms with Gasteiger partial charge in [0.15, 0.2) is 0 Å². The van der Waals surface area contributed by atoms with Crippen LogP contribution in [0.2, 0.25) is 0 Å². The van der Waals surface area contributed by atoms with Crippen LogP contribution in [0.15, 0.2) is 59.5 Å². The highest BCUT2D eigenvalue weighted by Crippen LogP contribution is 2.30. The van der Waals surface area contributed by atoms with Crippen LogP contribution in [-0.2, 0) is 10.0 Å². The smallest absolute Gasteiger partial charge is 0.243 e. The number of methoxy groups -OCH3 is 1. The molecule has 2 aromatic rings. The fourth-order valence-corrected chi connectivity index (χ4v) is 4.74. The van der Waals surface area contributed by atoms with Crippen LogP contribution >= 0.6 is 0 Å². The number of nitrogens with zero attached hydrogens (tertiary/aromatic N) is 1. The molecule has 1 atom stereocenters. The van der Waals surface area contributed by atoms with E-state index < -0.39 is 10.0 Å². The molecule has 1 saturated heterocycles. The molecular formula is C19H23NO3S. The standard InChI is InChI=1S/C19H23NO3S/c1-23-18-10-12-19(13-11-18)24(21,22)20-14-6-5-9-17(15-20)16-7-3-2-4-8-16/h2-4,7-8,10-13,17H,5-6,9,14-15H2,1H3. The maximum Gasteiger partial charge on any atom is 0.243 e. The van der Waals surface area contributed by atoms with Crippen molar-refractivity contribution in [3.8, 4) is 5.75 Å². The van der Waals surface area contributed by atoms with Gasteiger partial charge in [-0.25, -0.2) is 8.42 Å². The summed E-state index contributed by atoms with van der Waals surface area (Å²) in [5.74, 6) is 0.911. The van der Waals surface area contributed by atoms with Gasteiger partial charge in [-0.15, -0.1) is 0 Å². The number of hydrogen-bond acceptors (Lipinski definition) is 3. The van der Waals surface area contributed by atoms with Crippen LogP contribution in [0.4, 0.5) is 0 Å². The van der Waals surface area contributed by atoms with Gasteiger partial charge in [0.25, 0.3) is 0 Å². The maximum absolute atomic E-state index is 13.0. The van der Waals surface area contributed by atoms with Crippen molar-refractivity contribution in [3.63, 3.8) is 0 Å². The van der Waals surface area contributed by atoms with E-state index in [-0.39, 0.29) is 5.92 Å². The minimum absolute atomic E-state index is 0.252. The monoisotopic (exact) mass is 345 g/mol. The molecule has 0 N–H and O–H groups in total. The van der Waals surface area contributed by atoms with Crippen molar-refractivity contribution in [1.82, 2.24) is 4.31 Å². The summed E-state index contributed by atoms with van der Waals surface area (Å²) in [6, 6.07) is 16.8.